The lowest BCUT2D eigenvalue weighted by Gasteiger charge is -2.28. The van der Waals surface area contributed by atoms with Crippen molar-refractivity contribution in [3.63, 3.8) is 0 Å². The van der Waals surface area contributed by atoms with Crippen LogP contribution in [0.2, 0.25) is 5.02 Å². The first-order chi connectivity index (χ1) is 11.0. The maximum absolute atomic E-state index is 13.0. The Labute approximate surface area is 141 Å². The van der Waals surface area contributed by atoms with Crippen molar-refractivity contribution < 1.29 is 13.2 Å². The Morgan fingerprint density at radius 1 is 1.13 bits per heavy atom. The molecule has 1 aliphatic heterocycles. The third kappa shape index (κ3) is 3.01. The summed E-state index contributed by atoms with van der Waals surface area (Å²) in [5.74, 6) is 0.652. The summed E-state index contributed by atoms with van der Waals surface area (Å²) in [7, 11) is -2.97. The summed E-state index contributed by atoms with van der Waals surface area (Å²) in [6, 6.07) is 7.83. The van der Waals surface area contributed by atoms with Crippen LogP contribution in [0.15, 0.2) is 24.3 Å². The van der Waals surface area contributed by atoms with Gasteiger partial charge in [0.05, 0.1) is 11.5 Å². The molecule has 0 radical (unpaired) electrons. The lowest BCUT2D eigenvalue weighted by atomic mass is 10.1. The number of halogens is 1. The summed E-state index contributed by atoms with van der Waals surface area (Å²) in [6.07, 6.45) is 3.43. The minimum atomic E-state index is -2.97. The van der Waals surface area contributed by atoms with Crippen molar-refractivity contribution in [2.75, 3.05) is 11.5 Å². The highest BCUT2D eigenvalue weighted by atomic mass is 35.5. The fraction of sp³-hybridized carbons (Fsp3) is 0.588. The molecule has 4 nitrogen and oxygen atoms in total. The van der Waals surface area contributed by atoms with E-state index >= 15 is 0 Å². The van der Waals surface area contributed by atoms with Crippen LogP contribution in [0.1, 0.15) is 37.2 Å². The molecule has 0 spiro atoms. The largest absolute Gasteiger partial charge is 0.335 e. The lowest BCUT2D eigenvalue weighted by Crippen LogP contribution is -2.43. The highest BCUT2D eigenvalue weighted by molar-refractivity contribution is 7.91. The van der Waals surface area contributed by atoms with Crippen LogP contribution in [0.5, 0.6) is 0 Å². The van der Waals surface area contributed by atoms with Crippen LogP contribution >= 0.6 is 11.6 Å². The number of sulfone groups is 1. The zero-order valence-electron chi connectivity index (χ0n) is 12.8. The van der Waals surface area contributed by atoms with E-state index in [2.05, 4.69) is 0 Å². The van der Waals surface area contributed by atoms with Gasteiger partial charge in [0.1, 0.15) is 0 Å². The number of benzene rings is 1. The molecule has 1 amide bonds. The predicted molar refractivity (Wildman–Crippen MR) is 89.2 cm³/mol. The van der Waals surface area contributed by atoms with Gasteiger partial charge in [-0.15, -0.1) is 0 Å². The molecule has 1 aromatic carbocycles. The van der Waals surface area contributed by atoms with Gasteiger partial charge in [0.25, 0.3) is 0 Å². The Hall–Kier alpha value is -1.07. The van der Waals surface area contributed by atoms with Crippen LogP contribution < -0.4 is 0 Å². The second kappa shape index (κ2) is 5.49. The van der Waals surface area contributed by atoms with Gasteiger partial charge in [-0.2, -0.15) is 0 Å². The third-order valence-corrected chi connectivity index (χ3v) is 7.30. The van der Waals surface area contributed by atoms with Gasteiger partial charge in [-0.25, -0.2) is 8.42 Å². The Bertz CT molecular complexity index is 744. The SMILES string of the molecule is O=C(C1CC1c1ccccc1Cl)N(C1CC1)C1CCS(=O)(=O)C1. The molecule has 3 aliphatic rings. The smallest absolute Gasteiger partial charge is 0.226 e. The van der Waals surface area contributed by atoms with Crippen LogP contribution in [0.3, 0.4) is 0 Å². The van der Waals surface area contributed by atoms with Gasteiger partial charge >= 0.3 is 0 Å². The standard InChI is InChI=1S/C17H20ClNO3S/c18-16-4-2-1-3-13(16)14-9-15(14)17(20)19(11-5-6-11)12-7-8-23(21,22)10-12/h1-4,11-12,14-15H,5-10H2. The van der Waals surface area contributed by atoms with Gasteiger partial charge in [-0.1, -0.05) is 29.8 Å². The topological polar surface area (TPSA) is 54.5 Å². The van der Waals surface area contributed by atoms with E-state index in [1.807, 2.05) is 29.2 Å². The fourth-order valence-electron chi connectivity index (χ4n) is 3.78. The van der Waals surface area contributed by atoms with Gasteiger partial charge in [-0.05, 0) is 43.2 Å². The monoisotopic (exact) mass is 353 g/mol. The summed E-state index contributed by atoms with van der Waals surface area (Å²) < 4.78 is 23.5. The van der Waals surface area contributed by atoms with Gasteiger partial charge in [-0.3, -0.25) is 4.79 Å². The van der Waals surface area contributed by atoms with E-state index in [4.69, 9.17) is 11.6 Å². The molecule has 0 N–H and O–H groups in total. The molecule has 1 saturated heterocycles. The Balaban J connectivity index is 1.51. The average Bonchev–Trinajstić information content (AvgIpc) is 3.39. The first kappa shape index (κ1) is 15.5. The molecule has 124 valence electrons. The number of rotatable bonds is 4. The van der Waals surface area contributed by atoms with Crippen molar-refractivity contribution in [3.8, 4) is 0 Å². The van der Waals surface area contributed by atoms with Crippen molar-refractivity contribution in [1.29, 1.82) is 0 Å². The normalized spacial score (nSPS) is 31.8. The fourth-order valence-corrected chi connectivity index (χ4v) is 5.77. The highest BCUT2D eigenvalue weighted by Gasteiger charge is 2.51. The maximum Gasteiger partial charge on any atom is 0.226 e. The first-order valence-electron chi connectivity index (χ1n) is 8.23. The molecule has 2 saturated carbocycles. The predicted octanol–water partition coefficient (Wildman–Crippen LogP) is 2.62. The number of hydrogen-bond donors (Lipinski definition) is 0. The Morgan fingerprint density at radius 3 is 2.48 bits per heavy atom. The average molecular weight is 354 g/mol. The van der Waals surface area contributed by atoms with Crippen molar-refractivity contribution in [2.45, 2.75) is 43.7 Å². The molecule has 6 heteroatoms. The van der Waals surface area contributed by atoms with E-state index in [0.717, 1.165) is 24.8 Å². The molecule has 0 aromatic heterocycles. The highest BCUT2D eigenvalue weighted by Crippen LogP contribution is 2.51. The number of carbonyl (C=O) groups is 1. The number of nitrogens with zero attached hydrogens (tertiary/aromatic N) is 1. The molecule has 4 rings (SSSR count). The van der Waals surface area contributed by atoms with E-state index in [9.17, 15) is 13.2 Å². The summed E-state index contributed by atoms with van der Waals surface area (Å²) in [4.78, 5) is 14.9. The summed E-state index contributed by atoms with van der Waals surface area (Å²) in [6.45, 7) is 0. The van der Waals surface area contributed by atoms with E-state index in [-0.39, 0.29) is 41.3 Å². The molecule has 23 heavy (non-hydrogen) atoms. The number of carbonyl (C=O) groups excluding carboxylic acids is 1. The molecule has 1 heterocycles. The van der Waals surface area contributed by atoms with Crippen LogP contribution in [-0.4, -0.2) is 42.8 Å². The van der Waals surface area contributed by atoms with Crippen LogP contribution in [0.4, 0.5) is 0 Å². The van der Waals surface area contributed by atoms with E-state index in [1.165, 1.54) is 0 Å². The summed E-state index contributed by atoms with van der Waals surface area (Å²) in [5, 5.41) is 0.717. The molecule has 3 unspecified atom stereocenters. The molecule has 0 bridgehead atoms. The molecular weight excluding hydrogens is 334 g/mol. The summed E-state index contributed by atoms with van der Waals surface area (Å²) >= 11 is 6.24. The number of hydrogen-bond acceptors (Lipinski definition) is 3. The lowest BCUT2D eigenvalue weighted by molar-refractivity contribution is -0.135. The molecule has 3 atom stereocenters. The van der Waals surface area contributed by atoms with Crippen LogP contribution in [0.25, 0.3) is 0 Å². The second-order valence-corrected chi connectivity index (χ2v) is 9.64. The molecule has 3 fully saturated rings. The van der Waals surface area contributed by atoms with E-state index < -0.39 is 9.84 Å². The number of amides is 1. The summed E-state index contributed by atoms with van der Waals surface area (Å²) in [5.41, 5.74) is 1.04. The van der Waals surface area contributed by atoms with Crippen LogP contribution in [0, 0.1) is 5.92 Å². The molecule has 2 aliphatic carbocycles. The minimum Gasteiger partial charge on any atom is -0.335 e. The van der Waals surface area contributed by atoms with Gasteiger partial charge in [0, 0.05) is 23.0 Å². The van der Waals surface area contributed by atoms with E-state index in [1.54, 1.807) is 0 Å². The van der Waals surface area contributed by atoms with Crippen molar-refractivity contribution in [2.24, 2.45) is 5.92 Å². The van der Waals surface area contributed by atoms with E-state index in [0.29, 0.717) is 11.4 Å². The van der Waals surface area contributed by atoms with Crippen molar-refractivity contribution in [3.05, 3.63) is 34.9 Å². The first-order valence-corrected chi connectivity index (χ1v) is 10.4. The molecular formula is C17H20ClNO3S. The quantitative estimate of drug-likeness (QED) is 0.836. The van der Waals surface area contributed by atoms with Crippen molar-refractivity contribution in [1.82, 2.24) is 4.90 Å². The minimum absolute atomic E-state index is 0.0289. The zero-order chi connectivity index (χ0) is 16.2. The zero-order valence-corrected chi connectivity index (χ0v) is 14.4. The van der Waals surface area contributed by atoms with Gasteiger partial charge in [0.2, 0.25) is 5.91 Å². The Morgan fingerprint density at radius 2 is 1.87 bits per heavy atom. The maximum atomic E-state index is 13.0. The third-order valence-electron chi connectivity index (χ3n) is 5.21. The van der Waals surface area contributed by atoms with Crippen LogP contribution in [-0.2, 0) is 14.6 Å². The van der Waals surface area contributed by atoms with Gasteiger partial charge in [0.15, 0.2) is 9.84 Å². The van der Waals surface area contributed by atoms with Crippen molar-refractivity contribution >= 4 is 27.3 Å². The Kier molecular flexibility index (Phi) is 3.69. The van der Waals surface area contributed by atoms with Gasteiger partial charge < -0.3 is 4.90 Å². The molecule has 1 aromatic rings. The second-order valence-electron chi connectivity index (χ2n) is 7.00.